The van der Waals surface area contributed by atoms with Crippen molar-refractivity contribution in [2.75, 3.05) is 7.11 Å². The maximum atomic E-state index is 8.41. The number of rotatable bonds is 2. The molecule has 0 unspecified atom stereocenters. The summed E-state index contributed by atoms with van der Waals surface area (Å²) in [5.41, 5.74) is 0.539. The fourth-order valence-electron chi connectivity index (χ4n) is 0.422. The number of ether oxygens (including phenoxy) is 1. The average Bonchev–Trinajstić information content (AvgIpc) is 2.34. The highest BCUT2D eigenvalue weighted by Gasteiger charge is 1.99. The highest BCUT2D eigenvalue weighted by Crippen LogP contribution is 2.09. The minimum atomic E-state index is 0.539. The highest BCUT2D eigenvalue weighted by atomic mass is 32.1. The summed E-state index contributed by atoms with van der Waals surface area (Å²) in [6.07, 6.45) is 0. The van der Waals surface area contributed by atoms with Crippen LogP contribution in [0, 0.1) is 0 Å². The van der Waals surface area contributed by atoms with Gasteiger partial charge in [0, 0.05) is 11.0 Å². The second-order valence-electron chi connectivity index (χ2n) is 1.37. The monoisotopic (exact) mass is 142 g/mol. The van der Waals surface area contributed by atoms with Crippen molar-refractivity contribution in [2.24, 2.45) is 0 Å². The van der Waals surface area contributed by atoms with E-state index in [0.717, 1.165) is 7.48 Å². The molecule has 1 heterocycles. The van der Waals surface area contributed by atoms with Crippen molar-refractivity contribution in [2.45, 2.75) is 0 Å². The third-order valence-corrected chi connectivity index (χ3v) is 1.63. The van der Waals surface area contributed by atoms with Crippen LogP contribution in [0.3, 0.4) is 0 Å². The Hall–Kier alpha value is -0.545. The molecule has 0 aliphatic carbocycles. The van der Waals surface area contributed by atoms with E-state index in [0.29, 0.717) is 10.8 Å². The quantitative estimate of drug-likeness (QED) is 0.560. The van der Waals surface area contributed by atoms with Gasteiger partial charge in [0.25, 0.3) is 5.19 Å². The summed E-state index contributed by atoms with van der Waals surface area (Å²) in [6, 6.07) is 0. The van der Waals surface area contributed by atoms with E-state index in [1.807, 2.05) is 0 Å². The van der Waals surface area contributed by atoms with Gasteiger partial charge in [0.1, 0.15) is 0 Å². The SMILES string of the molecule is COc1nc([B]O)cs1. The van der Waals surface area contributed by atoms with Crippen LogP contribution < -0.4 is 10.3 Å². The van der Waals surface area contributed by atoms with E-state index < -0.39 is 0 Å². The van der Waals surface area contributed by atoms with Crippen molar-refractivity contribution in [3.63, 3.8) is 0 Å². The first-order valence-corrected chi connectivity index (χ1v) is 3.21. The molecule has 0 saturated heterocycles. The Morgan fingerprint density at radius 1 is 1.89 bits per heavy atom. The molecule has 5 heteroatoms. The van der Waals surface area contributed by atoms with Gasteiger partial charge >= 0.3 is 7.48 Å². The molecular formula is C4H5BNO2S. The summed E-state index contributed by atoms with van der Waals surface area (Å²) in [5.74, 6) is 0. The standard InChI is InChI=1S/C4H5BNO2S/c1-8-4-6-3(5-7)2-9-4/h2,7H,1H3. The number of hydrogen-bond donors (Lipinski definition) is 1. The second kappa shape index (κ2) is 2.84. The van der Waals surface area contributed by atoms with Gasteiger partial charge in [-0.15, -0.1) is 0 Å². The molecule has 1 N–H and O–H groups in total. The fraction of sp³-hybridized carbons (Fsp3) is 0.250. The van der Waals surface area contributed by atoms with Gasteiger partial charge in [-0.25, -0.2) is 4.98 Å². The van der Waals surface area contributed by atoms with Crippen molar-refractivity contribution in [1.29, 1.82) is 0 Å². The van der Waals surface area contributed by atoms with Gasteiger partial charge in [-0.1, -0.05) is 11.3 Å². The Bertz CT molecular complexity index is 172. The maximum Gasteiger partial charge on any atom is 0.349 e. The van der Waals surface area contributed by atoms with Crippen molar-refractivity contribution < 1.29 is 9.76 Å². The van der Waals surface area contributed by atoms with Gasteiger partial charge in [-0.3, -0.25) is 0 Å². The minimum Gasteiger partial charge on any atom is -0.473 e. The van der Waals surface area contributed by atoms with Crippen LogP contribution >= 0.6 is 11.3 Å². The minimum absolute atomic E-state index is 0.539. The number of aromatic nitrogens is 1. The second-order valence-corrected chi connectivity index (χ2v) is 2.19. The van der Waals surface area contributed by atoms with E-state index in [-0.39, 0.29) is 0 Å². The Labute approximate surface area is 57.6 Å². The van der Waals surface area contributed by atoms with Gasteiger partial charge in [0.15, 0.2) is 0 Å². The first-order valence-electron chi connectivity index (χ1n) is 2.33. The summed E-state index contributed by atoms with van der Waals surface area (Å²) in [6.45, 7) is 0. The molecule has 1 radical (unpaired) electrons. The lowest BCUT2D eigenvalue weighted by Gasteiger charge is -1.86. The van der Waals surface area contributed by atoms with E-state index >= 15 is 0 Å². The molecule has 0 saturated carbocycles. The predicted molar refractivity (Wildman–Crippen MR) is 36.3 cm³/mol. The molecule has 9 heavy (non-hydrogen) atoms. The zero-order chi connectivity index (χ0) is 6.69. The number of nitrogens with zero attached hydrogens (tertiary/aromatic N) is 1. The van der Waals surface area contributed by atoms with Gasteiger partial charge in [0.05, 0.1) is 7.11 Å². The van der Waals surface area contributed by atoms with Crippen LogP contribution in [0.1, 0.15) is 0 Å². The van der Waals surface area contributed by atoms with Crippen LogP contribution in [0.25, 0.3) is 0 Å². The molecular weight excluding hydrogens is 137 g/mol. The molecule has 0 aromatic carbocycles. The number of hydrogen-bond acceptors (Lipinski definition) is 4. The smallest absolute Gasteiger partial charge is 0.349 e. The third-order valence-electron chi connectivity index (χ3n) is 0.808. The first-order chi connectivity index (χ1) is 4.36. The molecule has 1 aromatic rings. The average molecular weight is 142 g/mol. The maximum absolute atomic E-state index is 8.41. The Balaban J connectivity index is 2.74. The van der Waals surface area contributed by atoms with Crippen molar-refractivity contribution in [3.05, 3.63) is 5.38 Å². The summed E-state index contributed by atoms with van der Waals surface area (Å²) in [4.78, 5) is 3.84. The van der Waals surface area contributed by atoms with Crippen LogP contribution in [0.2, 0.25) is 0 Å². The number of methoxy groups -OCH3 is 1. The van der Waals surface area contributed by atoms with Crippen LogP contribution in [0.5, 0.6) is 5.19 Å². The molecule has 0 fully saturated rings. The van der Waals surface area contributed by atoms with Crippen LogP contribution in [-0.2, 0) is 0 Å². The van der Waals surface area contributed by atoms with Crippen molar-refractivity contribution >= 4 is 24.4 Å². The summed E-state index contributed by atoms with van der Waals surface area (Å²) >= 11 is 1.35. The Morgan fingerprint density at radius 3 is 3.00 bits per heavy atom. The predicted octanol–water partition coefficient (Wildman–Crippen LogP) is -0.611. The lowest BCUT2D eigenvalue weighted by atomic mass is 9.99. The van der Waals surface area contributed by atoms with Gasteiger partial charge in [0.2, 0.25) is 0 Å². The molecule has 1 rings (SSSR count). The third kappa shape index (κ3) is 1.43. The summed E-state index contributed by atoms with van der Waals surface area (Å²) < 4.78 is 4.77. The van der Waals surface area contributed by atoms with Crippen LogP contribution in [0.4, 0.5) is 0 Å². The van der Waals surface area contributed by atoms with E-state index in [4.69, 9.17) is 9.76 Å². The molecule has 0 aliphatic heterocycles. The molecule has 0 aliphatic rings. The molecule has 0 atom stereocenters. The van der Waals surface area contributed by atoms with Gasteiger partial charge in [-0.05, 0) is 0 Å². The topological polar surface area (TPSA) is 42.4 Å². The van der Waals surface area contributed by atoms with E-state index in [1.165, 1.54) is 11.3 Å². The van der Waals surface area contributed by atoms with E-state index in [9.17, 15) is 0 Å². The zero-order valence-corrected chi connectivity index (χ0v) is 5.68. The van der Waals surface area contributed by atoms with Crippen molar-refractivity contribution in [1.82, 2.24) is 4.98 Å². The molecule has 3 nitrogen and oxygen atoms in total. The van der Waals surface area contributed by atoms with Crippen molar-refractivity contribution in [3.8, 4) is 5.19 Å². The largest absolute Gasteiger partial charge is 0.473 e. The molecule has 0 spiro atoms. The Morgan fingerprint density at radius 2 is 2.67 bits per heavy atom. The zero-order valence-electron chi connectivity index (χ0n) is 4.87. The molecule has 0 amide bonds. The Kier molecular flexibility index (Phi) is 2.08. The highest BCUT2D eigenvalue weighted by molar-refractivity contribution is 7.12. The lowest BCUT2D eigenvalue weighted by Crippen LogP contribution is -2.13. The molecule has 47 valence electrons. The first kappa shape index (κ1) is 6.57. The lowest BCUT2D eigenvalue weighted by molar-refractivity contribution is 0.412. The van der Waals surface area contributed by atoms with Gasteiger partial charge < -0.3 is 9.76 Å². The molecule has 1 aromatic heterocycles. The number of thiazole rings is 1. The van der Waals surface area contributed by atoms with E-state index in [2.05, 4.69) is 4.98 Å². The fourth-order valence-corrected chi connectivity index (χ4v) is 1.01. The molecule has 0 bridgehead atoms. The summed E-state index contributed by atoms with van der Waals surface area (Å²) in [5, 5.41) is 10.7. The normalized spacial score (nSPS) is 9.11. The van der Waals surface area contributed by atoms with E-state index in [1.54, 1.807) is 12.5 Å². The summed E-state index contributed by atoms with van der Waals surface area (Å²) in [7, 11) is 2.49. The van der Waals surface area contributed by atoms with Crippen LogP contribution in [-0.4, -0.2) is 24.6 Å². The van der Waals surface area contributed by atoms with Gasteiger partial charge in [-0.2, -0.15) is 0 Å². The van der Waals surface area contributed by atoms with Crippen LogP contribution in [0.15, 0.2) is 5.38 Å².